The van der Waals surface area contributed by atoms with Crippen LogP contribution in [-0.2, 0) is 46.6 Å². The zero-order valence-electron chi connectivity index (χ0n) is 49.7. The quantitative estimate of drug-likeness (QED) is 0.164. The van der Waals surface area contributed by atoms with Crippen molar-refractivity contribution in [3.8, 4) is 0 Å². The molecule has 8 heterocycles. The molecule has 73 heavy (non-hydrogen) atoms. The third-order valence-electron chi connectivity index (χ3n) is 19.9. The van der Waals surface area contributed by atoms with Crippen LogP contribution in [0.5, 0.6) is 0 Å². The first-order valence-electron chi connectivity index (χ1n) is 29.0. The van der Waals surface area contributed by atoms with Gasteiger partial charge in [-0.15, -0.1) is 0 Å². The van der Waals surface area contributed by atoms with Crippen LogP contribution in [-0.4, -0.2) is 116 Å². The van der Waals surface area contributed by atoms with Crippen LogP contribution < -0.4 is 0 Å². The number of carbonyl (C=O) groups is 2. The van der Waals surface area contributed by atoms with Crippen molar-refractivity contribution < 1.29 is 46.6 Å². The minimum atomic E-state index is -2.54. The lowest BCUT2D eigenvalue weighted by Crippen LogP contribution is -2.69. The zero-order chi connectivity index (χ0) is 54.4. The minimum Gasteiger partial charge on any atom is -0.408 e. The maximum atomic E-state index is 14.8. The lowest BCUT2D eigenvalue weighted by atomic mass is 9.78. The van der Waals surface area contributed by atoms with Gasteiger partial charge in [0.2, 0.25) is 0 Å². The van der Waals surface area contributed by atoms with E-state index in [1.54, 1.807) is 6.08 Å². The second-order valence-corrected chi connectivity index (χ2v) is 42.9. The molecule has 0 aromatic carbocycles. The van der Waals surface area contributed by atoms with Crippen LogP contribution in [0.1, 0.15) is 173 Å². The minimum absolute atomic E-state index is 0.0333. The number of Topliss-reactive ketones (excluding diaryl/α,β-unsaturated/α-hetero) is 1. The van der Waals surface area contributed by atoms with E-state index in [2.05, 4.69) is 142 Å². The molecule has 8 rings (SSSR count). The average Bonchev–Trinajstić information content (AvgIpc) is 3.77. The largest absolute Gasteiger partial charge is 0.408 e. The van der Waals surface area contributed by atoms with E-state index in [4.69, 9.17) is 37.0 Å². The molecule has 3 unspecified atom stereocenters. The molecule has 13 heteroatoms. The fourth-order valence-electron chi connectivity index (χ4n) is 11.5. The van der Waals surface area contributed by atoms with Crippen LogP contribution in [0, 0.1) is 23.7 Å². The molecule has 0 radical (unpaired) electrons. The van der Waals surface area contributed by atoms with Gasteiger partial charge in [-0.05, 0) is 147 Å². The molecule has 8 aliphatic rings. The van der Waals surface area contributed by atoms with Crippen molar-refractivity contribution in [2.24, 2.45) is 23.7 Å². The summed E-state index contributed by atoms with van der Waals surface area (Å²) in [5.74, 6) is 1.36. The number of carbonyl (C=O) groups excluding carboxylic acids is 2. The summed E-state index contributed by atoms with van der Waals surface area (Å²) in [5, 5.41) is -0.363. The van der Waals surface area contributed by atoms with Gasteiger partial charge in [0.15, 0.2) is 30.7 Å². The Morgan fingerprint density at radius 3 is 1.81 bits per heavy atom. The highest BCUT2D eigenvalue weighted by Gasteiger charge is 2.58. The first-order valence-corrected chi connectivity index (χ1v) is 37.7. The first-order chi connectivity index (χ1) is 33.6. The number of ether oxygens (including phenoxy) is 5. The molecule has 10 nitrogen and oxygen atoms in total. The second-order valence-electron chi connectivity index (χ2n) is 28.6. The Kier molecular flexibility index (Phi) is 19.8. The summed E-state index contributed by atoms with van der Waals surface area (Å²) in [5.41, 5.74) is 2.22. The molecule has 0 aromatic rings. The van der Waals surface area contributed by atoms with E-state index >= 15 is 0 Å². The van der Waals surface area contributed by atoms with Crippen molar-refractivity contribution in [1.29, 1.82) is 0 Å². The van der Waals surface area contributed by atoms with Gasteiger partial charge in [0.25, 0.3) is 0 Å². The van der Waals surface area contributed by atoms with Gasteiger partial charge in [-0.1, -0.05) is 116 Å². The smallest absolute Gasteiger partial charge is 0.193 e. The Hall–Kier alpha value is -1.11. The van der Waals surface area contributed by atoms with Gasteiger partial charge < -0.3 is 37.0 Å². The van der Waals surface area contributed by atoms with Gasteiger partial charge in [0.1, 0.15) is 30.2 Å². The molecule has 0 N–H and O–H groups in total. The number of ketones is 2. The van der Waals surface area contributed by atoms with Crippen LogP contribution in [0.2, 0.25) is 54.4 Å². The maximum absolute atomic E-state index is 14.8. The van der Waals surface area contributed by atoms with E-state index in [-0.39, 0.29) is 87.3 Å². The van der Waals surface area contributed by atoms with Gasteiger partial charge in [0, 0.05) is 25.7 Å². The van der Waals surface area contributed by atoms with Gasteiger partial charge in [-0.3, -0.25) is 9.59 Å². The Balaban J connectivity index is 1.42. The third-order valence-corrected chi connectivity index (χ3v) is 33.3. The number of fused-ring (bicyclic) bond motifs is 2. The highest BCUT2D eigenvalue weighted by molar-refractivity contribution is 6.75. The normalized spacial score (nSPS) is 38.2. The number of hydrogen-bond acceptors (Lipinski definition) is 10. The monoisotopic (exact) mass is 1070 g/mol. The van der Waals surface area contributed by atoms with Crippen molar-refractivity contribution in [1.82, 2.24) is 0 Å². The Labute approximate surface area is 448 Å². The predicted octanol–water partition coefficient (Wildman–Crippen LogP) is 14.4. The lowest BCUT2D eigenvalue weighted by Gasteiger charge is -2.56. The molecule has 418 valence electrons. The number of hydrogen-bond donors (Lipinski definition) is 0. The van der Waals surface area contributed by atoms with E-state index in [1.807, 2.05) is 6.08 Å². The summed E-state index contributed by atoms with van der Waals surface area (Å²) in [7, 11) is -7.52. The number of rotatable bonds is 9. The summed E-state index contributed by atoms with van der Waals surface area (Å²) < 4.78 is 58.3. The molecule has 5 saturated heterocycles. The lowest BCUT2D eigenvalue weighted by molar-refractivity contribution is -0.266. The van der Waals surface area contributed by atoms with E-state index in [0.29, 0.717) is 56.8 Å². The summed E-state index contributed by atoms with van der Waals surface area (Å²) in [6.07, 6.45) is 9.33. The van der Waals surface area contributed by atoms with Gasteiger partial charge in [0.05, 0.1) is 54.9 Å². The molecule has 0 aliphatic carbocycles. The average molecular weight is 1070 g/mol. The number of allylic oxidation sites excluding steroid dienone is 1. The Morgan fingerprint density at radius 2 is 1.21 bits per heavy atom. The molecule has 0 aromatic heterocycles. The Bertz CT molecular complexity index is 1940. The van der Waals surface area contributed by atoms with Gasteiger partial charge >= 0.3 is 0 Å². The zero-order valence-corrected chi connectivity index (χ0v) is 52.7. The molecule has 0 saturated carbocycles. The molecule has 5 fully saturated rings. The molecule has 8 bridgehead atoms. The highest BCUT2D eigenvalue weighted by Crippen LogP contribution is 2.49. The fourth-order valence-corrected chi connectivity index (χ4v) is 15.3. The highest BCUT2D eigenvalue weighted by atomic mass is 28.4. The van der Waals surface area contributed by atoms with Crippen LogP contribution >= 0.6 is 0 Å². The fraction of sp³-hybridized carbons (Fsp3) is 0.867. The van der Waals surface area contributed by atoms with Crippen molar-refractivity contribution in [2.75, 3.05) is 0 Å². The summed E-state index contributed by atoms with van der Waals surface area (Å²) in [4.78, 5) is 28.9. The topological polar surface area (TPSA) is 108 Å². The molecule has 0 amide bonds. The van der Waals surface area contributed by atoms with Crippen LogP contribution in [0.3, 0.4) is 0 Å². The van der Waals surface area contributed by atoms with Crippen molar-refractivity contribution in [3.63, 3.8) is 0 Å². The standard InChI is InChI=1S/C60H106O10Si3/c1-22-37(2)31-51-41(6)47-35-43(62)34-46-27-30-49-54(65-46)56(69-72(18,19)59(10,11)12)57(70-73(20,21)60(13,14)15)55(67-49)50(68-71(16,17)58(7,8)9)28-24-42(61)23-25-44-33-39(4)48(63-44)29-26-45-32-38(3)40(5)52(64-45)36-53(47)66-51/h24,28,37-38,41,44-57H,4-5,22-23,25-27,29-36H2,1-3,6-21H3/b28-24+/t37-,38-,41-,44?,45+,46-,47?,48+,49+,50+,51-,52?,53+,54+,55+,56+,57-/m1/s1. The molecule has 0 spiro atoms. The van der Waals surface area contributed by atoms with E-state index in [0.717, 1.165) is 49.7 Å². The van der Waals surface area contributed by atoms with E-state index in [1.165, 1.54) is 0 Å². The first kappa shape index (κ1) is 61.1. The van der Waals surface area contributed by atoms with Crippen molar-refractivity contribution >= 4 is 36.5 Å². The van der Waals surface area contributed by atoms with Crippen molar-refractivity contribution in [2.45, 2.75) is 307 Å². The molecule has 17 atom stereocenters. The van der Waals surface area contributed by atoms with Crippen molar-refractivity contribution in [3.05, 3.63) is 36.5 Å². The Morgan fingerprint density at radius 1 is 0.644 bits per heavy atom. The maximum Gasteiger partial charge on any atom is 0.193 e. The molecule has 8 aliphatic heterocycles. The van der Waals surface area contributed by atoms with Gasteiger partial charge in [-0.2, -0.15) is 0 Å². The molecular weight excluding hydrogens is 965 g/mol. The second kappa shape index (κ2) is 23.7. The van der Waals surface area contributed by atoms with Gasteiger partial charge in [-0.25, -0.2) is 0 Å². The third kappa shape index (κ3) is 14.8. The summed E-state index contributed by atoms with van der Waals surface area (Å²) in [6.45, 7) is 52.4. The van der Waals surface area contributed by atoms with Crippen LogP contribution in [0.25, 0.3) is 0 Å². The van der Waals surface area contributed by atoms with Crippen LogP contribution in [0.4, 0.5) is 0 Å². The van der Waals surface area contributed by atoms with Crippen LogP contribution in [0.15, 0.2) is 36.5 Å². The molecular formula is C60H106O10Si3. The SMILES string of the molecule is C=C1C2C[C@@H]3O[C@H](C[C@H](C)CC)[C@H](C)C3CC(=O)C[C@H]3CC[C@@H]4O[C@H]([C@@H](O[Si](C)(C)C(C)(C)C)[C@@H](O[Si](C)(C)C(C)(C)C)[C@H]4O3)[C@@H](O[Si](C)(C)C(C)(C)C)/C=C/C(=O)CCC3CC(=C)[C@H](CC[C@@H](C[C@H]1C)O2)O3. The summed E-state index contributed by atoms with van der Waals surface area (Å²) >= 11 is 0. The van der Waals surface area contributed by atoms with E-state index < -0.39 is 55.5 Å². The predicted molar refractivity (Wildman–Crippen MR) is 304 cm³/mol. The van der Waals surface area contributed by atoms with E-state index in [9.17, 15) is 9.59 Å². The summed E-state index contributed by atoms with van der Waals surface area (Å²) in [6, 6.07) is 0.